The van der Waals surface area contributed by atoms with Gasteiger partial charge in [-0.15, -0.1) is 0 Å². The maximum absolute atomic E-state index is 10.7. The molecule has 3 unspecified atom stereocenters. The molecule has 0 saturated heterocycles. The minimum atomic E-state index is -3.86. The first-order chi connectivity index (χ1) is 4.93. The summed E-state index contributed by atoms with van der Waals surface area (Å²) in [6.45, 7) is 1.76. The summed E-state index contributed by atoms with van der Waals surface area (Å²) in [5, 5.41) is -0.641. The van der Waals surface area contributed by atoms with E-state index < -0.39 is 15.4 Å². The average Bonchev–Trinajstić information content (AvgIpc) is 2.11. The average molecular weight is 179 g/mol. The van der Waals surface area contributed by atoms with Crippen molar-refractivity contribution < 1.29 is 13.0 Å². The molecule has 11 heavy (non-hydrogen) atoms. The second-order valence-corrected chi connectivity index (χ2v) is 4.79. The summed E-state index contributed by atoms with van der Waals surface area (Å²) < 4.78 is 30.1. The van der Waals surface area contributed by atoms with E-state index in [1.54, 1.807) is 6.92 Å². The molecule has 0 heterocycles. The fourth-order valence-electron chi connectivity index (χ4n) is 1.58. The predicted molar refractivity (Wildman–Crippen MR) is 41.7 cm³/mol. The fourth-order valence-corrected chi connectivity index (χ4v) is 2.76. The van der Waals surface area contributed by atoms with Crippen molar-refractivity contribution >= 4 is 10.1 Å². The van der Waals surface area contributed by atoms with E-state index in [0.717, 1.165) is 0 Å². The lowest BCUT2D eigenvalue weighted by Gasteiger charge is -2.14. The SMILES string of the molecule is CC1C(N)CCC1S(=O)(=O)O. The van der Waals surface area contributed by atoms with E-state index in [0.29, 0.717) is 12.8 Å². The van der Waals surface area contributed by atoms with Crippen LogP contribution in [0.25, 0.3) is 0 Å². The molecule has 1 rings (SSSR count). The number of nitrogens with two attached hydrogens (primary N) is 1. The van der Waals surface area contributed by atoms with Crippen LogP contribution in [0.4, 0.5) is 0 Å². The van der Waals surface area contributed by atoms with Crippen molar-refractivity contribution in [3.8, 4) is 0 Å². The normalized spacial score (nSPS) is 39.4. The first kappa shape index (κ1) is 8.96. The zero-order valence-corrected chi connectivity index (χ0v) is 7.21. The number of rotatable bonds is 1. The highest BCUT2D eigenvalue weighted by molar-refractivity contribution is 7.86. The van der Waals surface area contributed by atoms with E-state index in [1.807, 2.05) is 0 Å². The Hall–Kier alpha value is -0.130. The van der Waals surface area contributed by atoms with Crippen LogP contribution < -0.4 is 5.73 Å². The van der Waals surface area contributed by atoms with Crippen LogP contribution in [0.3, 0.4) is 0 Å². The topological polar surface area (TPSA) is 80.4 Å². The molecule has 0 aromatic rings. The maximum Gasteiger partial charge on any atom is 0.268 e. The molecule has 0 aliphatic heterocycles. The van der Waals surface area contributed by atoms with Crippen LogP contribution in [0, 0.1) is 5.92 Å². The molecular formula is C6H13NO3S. The molecule has 0 spiro atoms. The molecule has 1 aliphatic carbocycles. The summed E-state index contributed by atoms with van der Waals surface area (Å²) in [4.78, 5) is 0. The summed E-state index contributed by atoms with van der Waals surface area (Å²) in [5.74, 6) is -0.120. The Morgan fingerprint density at radius 2 is 2.00 bits per heavy atom. The molecule has 1 aliphatic rings. The van der Waals surface area contributed by atoms with E-state index in [2.05, 4.69) is 0 Å². The quantitative estimate of drug-likeness (QED) is 0.555. The van der Waals surface area contributed by atoms with Crippen LogP contribution in [0.2, 0.25) is 0 Å². The largest absolute Gasteiger partial charge is 0.327 e. The Morgan fingerprint density at radius 1 is 1.45 bits per heavy atom. The lowest BCUT2D eigenvalue weighted by Crippen LogP contribution is -2.31. The molecule has 1 fully saturated rings. The summed E-state index contributed by atoms with van der Waals surface area (Å²) in [6.07, 6.45) is 1.17. The minimum Gasteiger partial charge on any atom is -0.327 e. The smallest absolute Gasteiger partial charge is 0.268 e. The third-order valence-electron chi connectivity index (χ3n) is 2.43. The third kappa shape index (κ3) is 1.72. The monoisotopic (exact) mass is 179 g/mol. The van der Waals surface area contributed by atoms with Gasteiger partial charge in [0.1, 0.15) is 0 Å². The van der Waals surface area contributed by atoms with E-state index in [9.17, 15) is 8.42 Å². The van der Waals surface area contributed by atoms with Gasteiger partial charge in [0.15, 0.2) is 0 Å². The van der Waals surface area contributed by atoms with Crippen molar-refractivity contribution in [2.45, 2.75) is 31.1 Å². The van der Waals surface area contributed by atoms with E-state index >= 15 is 0 Å². The van der Waals surface area contributed by atoms with Gasteiger partial charge in [0.2, 0.25) is 0 Å². The lowest BCUT2D eigenvalue weighted by atomic mass is 10.1. The predicted octanol–water partition coefficient (Wildman–Crippen LogP) is 0.000000000000000389. The number of hydrogen-bond donors (Lipinski definition) is 2. The molecule has 0 bridgehead atoms. The molecule has 3 atom stereocenters. The Bertz CT molecular complexity index is 236. The van der Waals surface area contributed by atoms with Crippen LogP contribution in [0.15, 0.2) is 0 Å². The van der Waals surface area contributed by atoms with Gasteiger partial charge in [-0.3, -0.25) is 4.55 Å². The van der Waals surface area contributed by atoms with Crippen molar-refractivity contribution in [2.75, 3.05) is 0 Å². The molecular weight excluding hydrogens is 166 g/mol. The first-order valence-electron chi connectivity index (χ1n) is 3.65. The van der Waals surface area contributed by atoms with Gasteiger partial charge in [-0.25, -0.2) is 0 Å². The van der Waals surface area contributed by atoms with Crippen molar-refractivity contribution in [1.82, 2.24) is 0 Å². The van der Waals surface area contributed by atoms with Gasteiger partial charge in [0.25, 0.3) is 10.1 Å². The van der Waals surface area contributed by atoms with Crippen LogP contribution in [-0.4, -0.2) is 24.3 Å². The molecule has 0 amide bonds. The third-order valence-corrected chi connectivity index (χ3v) is 3.86. The van der Waals surface area contributed by atoms with Crippen molar-refractivity contribution in [2.24, 2.45) is 11.7 Å². The van der Waals surface area contributed by atoms with Crippen LogP contribution >= 0.6 is 0 Å². The van der Waals surface area contributed by atoms with Gasteiger partial charge in [-0.1, -0.05) is 6.92 Å². The molecule has 66 valence electrons. The lowest BCUT2D eigenvalue weighted by molar-refractivity contribution is 0.440. The second-order valence-electron chi connectivity index (χ2n) is 3.15. The van der Waals surface area contributed by atoms with Gasteiger partial charge < -0.3 is 5.73 Å². The second kappa shape index (κ2) is 2.73. The van der Waals surface area contributed by atoms with E-state index in [4.69, 9.17) is 10.3 Å². The van der Waals surface area contributed by atoms with E-state index in [1.165, 1.54) is 0 Å². The Balaban J connectivity index is 2.78. The highest BCUT2D eigenvalue weighted by Crippen LogP contribution is 2.29. The molecule has 3 N–H and O–H groups in total. The van der Waals surface area contributed by atoms with Gasteiger partial charge in [0, 0.05) is 6.04 Å². The Labute approximate surface area is 66.5 Å². The molecule has 0 radical (unpaired) electrons. The van der Waals surface area contributed by atoms with E-state index in [-0.39, 0.29) is 12.0 Å². The standard InChI is InChI=1S/C6H13NO3S/c1-4-5(7)2-3-6(4)11(8,9)10/h4-6H,2-3,7H2,1H3,(H,8,9,10). The summed E-state index contributed by atoms with van der Waals surface area (Å²) in [5.41, 5.74) is 5.59. The van der Waals surface area contributed by atoms with Crippen molar-refractivity contribution in [3.63, 3.8) is 0 Å². The summed E-state index contributed by atoms with van der Waals surface area (Å²) in [6, 6.07) is -0.0816. The zero-order chi connectivity index (χ0) is 8.65. The molecule has 0 aromatic heterocycles. The van der Waals surface area contributed by atoms with Crippen LogP contribution in [-0.2, 0) is 10.1 Å². The van der Waals surface area contributed by atoms with Crippen LogP contribution in [0.1, 0.15) is 19.8 Å². The fraction of sp³-hybridized carbons (Fsp3) is 1.00. The van der Waals surface area contributed by atoms with Crippen molar-refractivity contribution in [3.05, 3.63) is 0 Å². The summed E-state index contributed by atoms with van der Waals surface area (Å²) in [7, 11) is -3.86. The van der Waals surface area contributed by atoms with Gasteiger partial charge in [-0.2, -0.15) is 8.42 Å². The highest BCUT2D eigenvalue weighted by atomic mass is 32.2. The minimum absolute atomic E-state index is 0.0816. The first-order valence-corrected chi connectivity index (χ1v) is 5.15. The van der Waals surface area contributed by atoms with Crippen molar-refractivity contribution in [1.29, 1.82) is 0 Å². The molecule has 5 heteroatoms. The Kier molecular flexibility index (Phi) is 2.22. The maximum atomic E-state index is 10.7. The molecule has 0 aromatic carbocycles. The number of hydrogen-bond acceptors (Lipinski definition) is 3. The highest BCUT2D eigenvalue weighted by Gasteiger charge is 2.38. The molecule has 1 saturated carbocycles. The Morgan fingerprint density at radius 3 is 2.18 bits per heavy atom. The summed E-state index contributed by atoms with van der Waals surface area (Å²) >= 11 is 0. The van der Waals surface area contributed by atoms with Gasteiger partial charge in [-0.05, 0) is 18.8 Å². The molecule has 4 nitrogen and oxygen atoms in total. The van der Waals surface area contributed by atoms with Gasteiger partial charge >= 0.3 is 0 Å². The van der Waals surface area contributed by atoms with Crippen LogP contribution in [0.5, 0.6) is 0 Å². The van der Waals surface area contributed by atoms with Gasteiger partial charge in [0.05, 0.1) is 5.25 Å². The zero-order valence-electron chi connectivity index (χ0n) is 6.40.